The molecule has 0 aliphatic carbocycles. The summed E-state index contributed by atoms with van der Waals surface area (Å²) in [6, 6.07) is -0.386. The second kappa shape index (κ2) is 6.79. The average molecular weight is 315 g/mol. The van der Waals surface area contributed by atoms with Gasteiger partial charge in [-0.15, -0.1) is 0 Å². The predicted molar refractivity (Wildman–Crippen MR) is 59.4 cm³/mol. The second-order valence-electron chi connectivity index (χ2n) is 4.43. The van der Waals surface area contributed by atoms with Crippen LogP contribution in [0, 0.1) is 17.5 Å². The van der Waals surface area contributed by atoms with Gasteiger partial charge >= 0.3 is 11.9 Å². The molecule has 2 N–H and O–H groups in total. The molecule has 0 bridgehead atoms. The molecule has 0 radical (unpaired) electrons. The van der Waals surface area contributed by atoms with Crippen LogP contribution >= 0.6 is 0 Å². The van der Waals surface area contributed by atoms with E-state index in [1.165, 1.54) is 0 Å². The Kier molecular flexibility index (Phi) is 5.59. The van der Waals surface area contributed by atoms with Crippen LogP contribution in [-0.4, -0.2) is 17.9 Å². The van der Waals surface area contributed by atoms with E-state index in [9.17, 15) is 31.3 Å². The maximum absolute atomic E-state index is 13.3. The van der Waals surface area contributed by atoms with Crippen molar-refractivity contribution in [2.75, 3.05) is 0 Å². The highest BCUT2D eigenvalue weighted by Crippen LogP contribution is 2.24. The van der Waals surface area contributed by atoms with E-state index in [4.69, 9.17) is 5.73 Å². The molecule has 0 spiro atoms. The van der Waals surface area contributed by atoms with E-state index in [-0.39, 0.29) is 18.4 Å². The molecule has 0 fully saturated rings. The van der Waals surface area contributed by atoms with Crippen molar-refractivity contribution in [3.8, 4) is 0 Å². The van der Waals surface area contributed by atoms with E-state index in [1.54, 1.807) is 0 Å². The van der Waals surface area contributed by atoms with E-state index in [0.29, 0.717) is 12.1 Å². The first kappa shape index (κ1) is 17.3. The normalized spacial score (nSPS) is 13.1. The van der Waals surface area contributed by atoms with Crippen molar-refractivity contribution in [2.45, 2.75) is 31.2 Å². The maximum Gasteiger partial charge on any atom is 0.417 e. The first-order valence-corrected chi connectivity index (χ1v) is 5.77. The molecular weight excluding hydrogens is 304 g/mol. The van der Waals surface area contributed by atoms with Gasteiger partial charge in [-0.2, -0.15) is 8.78 Å². The molecule has 1 rings (SSSR count). The van der Waals surface area contributed by atoms with Gasteiger partial charge in [0.2, 0.25) is 0 Å². The van der Waals surface area contributed by atoms with Crippen LogP contribution in [0.3, 0.4) is 0 Å². The van der Waals surface area contributed by atoms with Crippen LogP contribution in [0.4, 0.5) is 26.5 Å². The molecule has 0 heterocycles. The number of carbonyl (C=O) groups is 1. The molecule has 0 saturated heterocycles. The van der Waals surface area contributed by atoms with Crippen molar-refractivity contribution in [2.24, 2.45) is 5.73 Å². The molecule has 0 aliphatic heterocycles. The molecule has 3 nitrogen and oxygen atoms in total. The number of hydrogen-bond donors (Lipinski definition) is 1. The lowest BCUT2D eigenvalue weighted by Gasteiger charge is -2.17. The third-order valence-electron chi connectivity index (χ3n) is 2.76. The van der Waals surface area contributed by atoms with Crippen LogP contribution < -0.4 is 5.73 Å². The number of halogens is 6. The Hall–Kier alpha value is -1.77. The number of rotatable bonds is 6. The smallest absolute Gasteiger partial charge is 0.327 e. The summed E-state index contributed by atoms with van der Waals surface area (Å²) in [5, 5.41) is 0. The van der Waals surface area contributed by atoms with Gasteiger partial charge < -0.3 is 5.73 Å². The number of carbonyl (C=O) groups excluding carboxylic acids is 1. The second-order valence-corrected chi connectivity index (χ2v) is 4.43. The van der Waals surface area contributed by atoms with E-state index in [1.807, 2.05) is 0 Å². The van der Waals surface area contributed by atoms with Gasteiger partial charge in [0.1, 0.15) is 5.82 Å². The van der Waals surface area contributed by atoms with Crippen LogP contribution in [0.1, 0.15) is 18.4 Å². The Bertz CT molecular complexity index is 523. The first-order chi connectivity index (χ1) is 9.67. The minimum Gasteiger partial charge on any atom is -0.327 e. The summed E-state index contributed by atoms with van der Waals surface area (Å²) in [6.07, 6.45) is -1.73. The topological polar surface area (TPSA) is 52.3 Å². The van der Waals surface area contributed by atoms with Gasteiger partial charge in [0, 0.05) is 23.1 Å². The van der Waals surface area contributed by atoms with Crippen molar-refractivity contribution in [3.63, 3.8) is 0 Å². The molecule has 9 heteroatoms. The van der Waals surface area contributed by atoms with Crippen molar-refractivity contribution in [3.05, 3.63) is 35.1 Å². The minimum atomic E-state index is -4.12. The van der Waals surface area contributed by atoms with Gasteiger partial charge in [0.05, 0.1) is 0 Å². The first-order valence-electron chi connectivity index (χ1n) is 5.77. The summed E-state index contributed by atoms with van der Waals surface area (Å²) in [5.74, 6) is -10.2. The zero-order valence-electron chi connectivity index (χ0n) is 10.5. The summed E-state index contributed by atoms with van der Waals surface area (Å²) in [7, 11) is 0. The van der Waals surface area contributed by atoms with Crippen LogP contribution in [0.25, 0.3) is 0 Å². The Labute approximate surface area is 115 Å². The van der Waals surface area contributed by atoms with Crippen molar-refractivity contribution in [1.82, 2.24) is 0 Å². The third kappa shape index (κ3) is 4.62. The Morgan fingerprint density at radius 1 is 1.19 bits per heavy atom. The summed E-state index contributed by atoms with van der Waals surface area (Å²) in [6.45, 7) is 0. The van der Waals surface area contributed by atoms with Gasteiger partial charge in [0.15, 0.2) is 11.6 Å². The van der Waals surface area contributed by atoms with E-state index >= 15 is 0 Å². The van der Waals surface area contributed by atoms with Crippen LogP contribution in [-0.2, 0) is 16.2 Å². The lowest BCUT2D eigenvalue weighted by Crippen LogP contribution is -2.37. The molecular formula is C12H11F6NO2. The Morgan fingerprint density at radius 3 is 2.33 bits per heavy atom. The van der Waals surface area contributed by atoms with E-state index < -0.39 is 41.8 Å². The van der Waals surface area contributed by atoms with Crippen molar-refractivity contribution >= 4 is 5.97 Å². The Balaban J connectivity index is 2.63. The largest absolute Gasteiger partial charge is 0.417 e. The van der Waals surface area contributed by atoms with Crippen LogP contribution in [0.5, 0.6) is 0 Å². The quantitative estimate of drug-likeness (QED) is 0.649. The molecule has 0 aromatic heterocycles. The fourth-order valence-electron chi connectivity index (χ4n) is 1.67. The molecule has 21 heavy (non-hydrogen) atoms. The number of alkyl halides is 2. The fourth-order valence-corrected chi connectivity index (χ4v) is 1.67. The predicted octanol–water partition coefficient (Wildman–Crippen LogP) is 2.82. The summed E-state index contributed by atoms with van der Waals surface area (Å²) in [5.41, 5.74) is 5.07. The Morgan fingerprint density at radius 2 is 1.76 bits per heavy atom. The molecule has 1 aromatic carbocycles. The molecule has 0 saturated carbocycles. The van der Waals surface area contributed by atoms with Gasteiger partial charge in [0.25, 0.3) is 0 Å². The lowest BCUT2D eigenvalue weighted by atomic mass is 10.0. The summed E-state index contributed by atoms with van der Waals surface area (Å²) in [4.78, 5) is 12.9. The zero-order valence-corrected chi connectivity index (χ0v) is 10.5. The highest BCUT2D eigenvalue weighted by Gasteiger charge is 2.43. The fraction of sp³-hybridized carbons (Fsp3) is 0.417. The summed E-state index contributed by atoms with van der Waals surface area (Å²) >= 11 is 0. The monoisotopic (exact) mass is 315 g/mol. The summed E-state index contributed by atoms with van der Waals surface area (Å²) < 4.78 is 76.3. The van der Waals surface area contributed by atoms with E-state index in [2.05, 4.69) is 4.94 Å². The third-order valence-corrected chi connectivity index (χ3v) is 2.76. The van der Waals surface area contributed by atoms with Gasteiger partial charge in [-0.05, 0) is 24.5 Å². The van der Waals surface area contributed by atoms with Crippen LogP contribution in [0.2, 0.25) is 0 Å². The average Bonchev–Trinajstić information content (AvgIpc) is 2.39. The van der Waals surface area contributed by atoms with Gasteiger partial charge in [-0.3, -0.25) is 0 Å². The molecule has 118 valence electrons. The lowest BCUT2D eigenvalue weighted by molar-refractivity contribution is -0.212. The van der Waals surface area contributed by atoms with Gasteiger partial charge in [-0.25, -0.2) is 22.9 Å². The zero-order chi connectivity index (χ0) is 16.2. The molecule has 1 aromatic rings. The van der Waals surface area contributed by atoms with Crippen molar-refractivity contribution < 1.29 is 36.2 Å². The number of hydrogen-bond acceptors (Lipinski definition) is 3. The number of benzene rings is 1. The number of aryl methyl sites for hydroxylation is 1. The van der Waals surface area contributed by atoms with E-state index in [0.717, 1.165) is 0 Å². The van der Waals surface area contributed by atoms with Gasteiger partial charge in [-0.1, -0.05) is 0 Å². The maximum atomic E-state index is 13.3. The standard InChI is InChI=1S/C12H11F6NO2/c13-8-4-10(15)9(14)3-6(8)1-2-7(19)5-12(16,17)11(20)21-18/h3-4,7H,1-2,5,19H2. The molecule has 1 atom stereocenters. The molecule has 0 aliphatic rings. The molecule has 1 unspecified atom stereocenters. The van der Waals surface area contributed by atoms with Crippen LogP contribution in [0.15, 0.2) is 12.1 Å². The highest BCUT2D eigenvalue weighted by atomic mass is 19.3. The number of nitrogens with two attached hydrogens (primary N) is 1. The highest BCUT2D eigenvalue weighted by molar-refractivity contribution is 5.76. The van der Waals surface area contributed by atoms with Crippen molar-refractivity contribution in [1.29, 1.82) is 0 Å². The molecule has 0 amide bonds. The SMILES string of the molecule is NC(CCc1cc(F)c(F)cc1F)CC(F)(F)C(=O)OF. The minimum absolute atomic E-state index is 0.249.